The van der Waals surface area contributed by atoms with E-state index < -0.39 is 15.9 Å². The van der Waals surface area contributed by atoms with E-state index >= 15 is 0 Å². The predicted molar refractivity (Wildman–Crippen MR) is 119 cm³/mol. The zero-order valence-corrected chi connectivity index (χ0v) is 17.6. The molecule has 2 aromatic heterocycles. The van der Waals surface area contributed by atoms with Crippen molar-refractivity contribution in [3.8, 4) is 11.9 Å². The first kappa shape index (κ1) is 21.2. The third kappa shape index (κ3) is 4.49. The normalized spacial score (nSPS) is 11.2. The SMILES string of the molecule is N#CCCNS(=O)(=O)c1ccc(C(=O)Nc2ccc(-n3cnc4ccccc43)nc2)cc1. The Balaban J connectivity index is 1.44. The summed E-state index contributed by atoms with van der Waals surface area (Å²) in [6, 6.07) is 18.6. The molecule has 0 aliphatic carbocycles. The van der Waals surface area contributed by atoms with Gasteiger partial charge in [0.2, 0.25) is 10.0 Å². The van der Waals surface area contributed by atoms with Crippen molar-refractivity contribution in [3.05, 3.63) is 78.8 Å². The number of hydrogen-bond acceptors (Lipinski definition) is 6. The van der Waals surface area contributed by atoms with Crippen molar-refractivity contribution in [1.82, 2.24) is 19.3 Å². The average molecular weight is 446 g/mol. The number of rotatable bonds is 7. The number of hydrogen-bond donors (Lipinski definition) is 2. The second kappa shape index (κ2) is 8.97. The minimum absolute atomic E-state index is 0.0190. The molecule has 4 aromatic rings. The van der Waals surface area contributed by atoms with Crippen molar-refractivity contribution in [2.75, 3.05) is 11.9 Å². The number of para-hydroxylation sites is 2. The summed E-state index contributed by atoms with van der Waals surface area (Å²) in [6.07, 6.45) is 3.31. The van der Waals surface area contributed by atoms with Crippen LogP contribution in [0.2, 0.25) is 0 Å². The van der Waals surface area contributed by atoms with Crippen LogP contribution >= 0.6 is 0 Å². The number of imidazole rings is 1. The number of benzene rings is 2. The van der Waals surface area contributed by atoms with Crippen LogP contribution in [0.1, 0.15) is 16.8 Å². The van der Waals surface area contributed by atoms with E-state index in [2.05, 4.69) is 20.0 Å². The maximum atomic E-state index is 12.5. The van der Waals surface area contributed by atoms with Gasteiger partial charge in [0.05, 0.1) is 33.9 Å². The molecule has 160 valence electrons. The zero-order valence-electron chi connectivity index (χ0n) is 16.8. The Bertz CT molecular complexity index is 1400. The van der Waals surface area contributed by atoms with Crippen LogP contribution in [0.4, 0.5) is 5.69 Å². The summed E-state index contributed by atoms with van der Waals surface area (Å²) < 4.78 is 28.5. The Labute approximate surface area is 184 Å². The van der Waals surface area contributed by atoms with Crippen molar-refractivity contribution in [2.24, 2.45) is 0 Å². The van der Waals surface area contributed by atoms with Crippen LogP contribution in [-0.2, 0) is 10.0 Å². The average Bonchev–Trinajstić information content (AvgIpc) is 3.24. The standard InChI is InChI=1S/C22H18N6O3S/c23-12-3-13-26-32(30,31)18-9-6-16(7-10-18)22(29)27-17-8-11-21(24-14-17)28-15-25-19-4-1-2-5-20(19)28/h1-2,4-11,14-15,26H,3,13H2,(H,27,29). The molecule has 0 bridgehead atoms. The van der Waals surface area contributed by atoms with E-state index in [1.165, 1.54) is 24.3 Å². The maximum Gasteiger partial charge on any atom is 0.255 e. The van der Waals surface area contributed by atoms with Gasteiger partial charge in [0.25, 0.3) is 5.91 Å². The van der Waals surface area contributed by atoms with Gasteiger partial charge in [0.1, 0.15) is 12.1 Å². The highest BCUT2D eigenvalue weighted by atomic mass is 32.2. The van der Waals surface area contributed by atoms with Crippen molar-refractivity contribution in [1.29, 1.82) is 5.26 Å². The molecule has 2 heterocycles. The molecule has 2 N–H and O–H groups in total. The number of aromatic nitrogens is 3. The fraction of sp³-hybridized carbons (Fsp3) is 0.0909. The highest BCUT2D eigenvalue weighted by Gasteiger charge is 2.15. The Kier molecular flexibility index (Phi) is 5.93. The molecule has 4 rings (SSSR count). The van der Waals surface area contributed by atoms with Crippen molar-refractivity contribution >= 4 is 32.7 Å². The van der Waals surface area contributed by atoms with Gasteiger partial charge < -0.3 is 5.32 Å². The molecule has 1 amide bonds. The molecule has 0 unspecified atom stereocenters. The Morgan fingerprint density at radius 1 is 1.03 bits per heavy atom. The van der Waals surface area contributed by atoms with Crippen LogP contribution in [0, 0.1) is 11.3 Å². The second-order valence-corrected chi connectivity index (χ2v) is 8.56. The molecule has 0 radical (unpaired) electrons. The van der Waals surface area contributed by atoms with Gasteiger partial charge >= 0.3 is 0 Å². The number of nitrogens with one attached hydrogen (secondary N) is 2. The summed E-state index contributed by atoms with van der Waals surface area (Å²) in [4.78, 5) is 21.3. The number of pyridine rings is 1. The van der Waals surface area contributed by atoms with Crippen LogP contribution in [0.25, 0.3) is 16.9 Å². The molecule has 10 heteroatoms. The molecular formula is C22H18N6O3S. The highest BCUT2D eigenvalue weighted by molar-refractivity contribution is 7.89. The zero-order chi connectivity index (χ0) is 22.6. The Morgan fingerprint density at radius 2 is 1.81 bits per heavy atom. The fourth-order valence-electron chi connectivity index (χ4n) is 3.06. The van der Waals surface area contributed by atoms with Crippen LogP contribution in [0.5, 0.6) is 0 Å². The minimum atomic E-state index is -3.73. The number of anilines is 1. The number of amides is 1. The lowest BCUT2D eigenvalue weighted by Crippen LogP contribution is -2.24. The summed E-state index contributed by atoms with van der Waals surface area (Å²) in [7, 11) is -3.73. The minimum Gasteiger partial charge on any atom is -0.321 e. The van der Waals surface area contributed by atoms with Gasteiger partial charge in [-0.3, -0.25) is 9.36 Å². The number of fused-ring (bicyclic) bond motifs is 1. The van der Waals surface area contributed by atoms with E-state index in [4.69, 9.17) is 5.26 Å². The molecule has 2 aromatic carbocycles. The number of nitriles is 1. The topological polar surface area (TPSA) is 130 Å². The first-order valence-corrected chi connectivity index (χ1v) is 11.1. The number of carbonyl (C=O) groups is 1. The number of carbonyl (C=O) groups excluding carboxylic acids is 1. The Morgan fingerprint density at radius 3 is 2.53 bits per heavy atom. The molecule has 0 aliphatic heterocycles. The predicted octanol–water partition coefficient (Wildman–Crippen LogP) is 2.86. The maximum absolute atomic E-state index is 12.5. The molecule has 0 saturated heterocycles. The van der Waals surface area contributed by atoms with E-state index in [1.807, 2.05) is 34.9 Å². The molecule has 9 nitrogen and oxygen atoms in total. The third-order valence-electron chi connectivity index (χ3n) is 4.66. The molecule has 0 spiro atoms. The van der Waals surface area contributed by atoms with E-state index in [9.17, 15) is 13.2 Å². The van der Waals surface area contributed by atoms with Crippen LogP contribution in [0.3, 0.4) is 0 Å². The van der Waals surface area contributed by atoms with Gasteiger partial charge in [-0.2, -0.15) is 5.26 Å². The van der Waals surface area contributed by atoms with Gasteiger partial charge in [-0.1, -0.05) is 12.1 Å². The highest BCUT2D eigenvalue weighted by Crippen LogP contribution is 2.18. The number of sulfonamides is 1. The smallest absolute Gasteiger partial charge is 0.255 e. The first-order chi connectivity index (χ1) is 15.5. The second-order valence-electron chi connectivity index (χ2n) is 6.79. The van der Waals surface area contributed by atoms with Gasteiger partial charge in [0, 0.05) is 18.5 Å². The van der Waals surface area contributed by atoms with E-state index in [0.29, 0.717) is 17.1 Å². The van der Waals surface area contributed by atoms with E-state index in [1.54, 1.807) is 24.7 Å². The lowest BCUT2D eigenvalue weighted by molar-refractivity contribution is 0.102. The summed E-state index contributed by atoms with van der Waals surface area (Å²) in [5, 5.41) is 11.3. The molecule has 32 heavy (non-hydrogen) atoms. The van der Waals surface area contributed by atoms with Crippen molar-refractivity contribution in [3.63, 3.8) is 0 Å². The molecule has 0 aliphatic rings. The third-order valence-corrected chi connectivity index (χ3v) is 6.14. The van der Waals surface area contributed by atoms with Gasteiger partial charge in [-0.25, -0.2) is 23.1 Å². The number of nitrogens with zero attached hydrogens (tertiary/aromatic N) is 4. The van der Waals surface area contributed by atoms with Crippen LogP contribution in [0.15, 0.2) is 78.1 Å². The molecule has 0 fully saturated rings. The van der Waals surface area contributed by atoms with Gasteiger partial charge in [-0.15, -0.1) is 0 Å². The van der Waals surface area contributed by atoms with Crippen molar-refractivity contribution in [2.45, 2.75) is 11.3 Å². The summed E-state index contributed by atoms with van der Waals surface area (Å²) in [5.41, 5.74) is 2.58. The summed E-state index contributed by atoms with van der Waals surface area (Å²) in [6.45, 7) is 0.0267. The fourth-order valence-corrected chi connectivity index (χ4v) is 4.09. The van der Waals surface area contributed by atoms with Gasteiger partial charge in [-0.05, 0) is 48.5 Å². The monoisotopic (exact) mass is 446 g/mol. The molecular weight excluding hydrogens is 428 g/mol. The molecule has 0 saturated carbocycles. The quantitative estimate of drug-likeness (QED) is 0.420. The summed E-state index contributed by atoms with van der Waals surface area (Å²) >= 11 is 0. The van der Waals surface area contributed by atoms with E-state index in [0.717, 1.165) is 11.0 Å². The largest absolute Gasteiger partial charge is 0.321 e. The van der Waals surface area contributed by atoms with Crippen LogP contribution in [-0.4, -0.2) is 35.4 Å². The lowest BCUT2D eigenvalue weighted by Gasteiger charge is -2.08. The first-order valence-electron chi connectivity index (χ1n) is 9.64. The van der Waals surface area contributed by atoms with E-state index in [-0.39, 0.29) is 17.9 Å². The van der Waals surface area contributed by atoms with Crippen LogP contribution < -0.4 is 10.0 Å². The molecule has 0 atom stereocenters. The lowest BCUT2D eigenvalue weighted by atomic mass is 10.2. The summed E-state index contributed by atoms with van der Waals surface area (Å²) in [5.74, 6) is 0.268. The van der Waals surface area contributed by atoms with Gasteiger partial charge in [0.15, 0.2) is 0 Å². The Hall–Kier alpha value is -4.07. The van der Waals surface area contributed by atoms with Crippen molar-refractivity contribution < 1.29 is 13.2 Å².